The minimum Gasteiger partial charge on any atom is -0.352 e. The highest BCUT2D eigenvalue weighted by atomic mass is 19.1. The van der Waals surface area contributed by atoms with E-state index in [1.165, 1.54) is 16.7 Å². The Labute approximate surface area is 195 Å². The van der Waals surface area contributed by atoms with Crippen molar-refractivity contribution in [2.24, 2.45) is 0 Å². The molecule has 1 amide bonds. The van der Waals surface area contributed by atoms with Crippen LogP contribution in [-0.2, 0) is 25.9 Å². The van der Waals surface area contributed by atoms with Gasteiger partial charge in [-0.15, -0.1) is 0 Å². The molecule has 4 nitrogen and oxygen atoms in total. The average molecular weight is 446 g/mol. The average Bonchev–Trinajstić information content (AvgIpc) is 2.84. The van der Waals surface area contributed by atoms with Gasteiger partial charge in [-0.1, -0.05) is 48.5 Å². The number of carbonyl (C=O) groups is 1. The van der Waals surface area contributed by atoms with Crippen molar-refractivity contribution in [1.82, 2.24) is 15.5 Å². The maximum atomic E-state index is 13.3. The molecule has 3 aromatic rings. The standard InChI is InChI=1S/C28H32FN3O/c1-2-31-28(33)23-11-7-22(8-12-23)19-30-15-16-32-20-25-6-4-3-5-24(25)18-27(32)17-21-9-13-26(29)14-10-21/h3-14,27,30H,2,15-20H2,1H3,(H,31,33). The molecule has 2 N–H and O–H groups in total. The van der Waals surface area contributed by atoms with Crippen LogP contribution in [0.4, 0.5) is 4.39 Å². The van der Waals surface area contributed by atoms with Crippen LogP contribution in [0.2, 0.25) is 0 Å². The number of halogens is 1. The summed E-state index contributed by atoms with van der Waals surface area (Å²) in [6.07, 6.45) is 1.92. The Hall–Kier alpha value is -3.02. The van der Waals surface area contributed by atoms with Gasteiger partial charge < -0.3 is 10.6 Å². The summed E-state index contributed by atoms with van der Waals surface area (Å²) in [4.78, 5) is 14.4. The number of hydrogen-bond acceptors (Lipinski definition) is 3. The van der Waals surface area contributed by atoms with E-state index < -0.39 is 0 Å². The third-order valence-corrected chi connectivity index (χ3v) is 6.31. The monoisotopic (exact) mass is 445 g/mol. The van der Waals surface area contributed by atoms with Gasteiger partial charge in [-0.05, 0) is 66.3 Å². The normalized spacial score (nSPS) is 15.8. The van der Waals surface area contributed by atoms with Crippen LogP contribution in [0.3, 0.4) is 0 Å². The fourth-order valence-corrected chi connectivity index (χ4v) is 4.49. The fourth-order valence-electron chi connectivity index (χ4n) is 4.49. The van der Waals surface area contributed by atoms with E-state index in [9.17, 15) is 9.18 Å². The fraction of sp³-hybridized carbons (Fsp3) is 0.321. The van der Waals surface area contributed by atoms with Crippen LogP contribution in [0, 0.1) is 5.82 Å². The Morgan fingerprint density at radius 2 is 1.67 bits per heavy atom. The van der Waals surface area contributed by atoms with Gasteiger partial charge in [0.1, 0.15) is 5.82 Å². The molecule has 5 heteroatoms. The first-order valence-electron chi connectivity index (χ1n) is 11.8. The Bertz CT molecular complexity index is 1050. The second-order valence-corrected chi connectivity index (χ2v) is 8.66. The van der Waals surface area contributed by atoms with Gasteiger partial charge in [0, 0.05) is 44.3 Å². The van der Waals surface area contributed by atoms with Crippen LogP contribution in [-0.4, -0.2) is 36.5 Å². The number of nitrogens with one attached hydrogen (secondary N) is 2. The Kier molecular flexibility index (Phi) is 7.87. The van der Waals surface area contributed by atoms with Crippen molar-refractivity contribution in [2.45, 2.75) is 38.9 Å². The Morgan fingerprint density at radius 1 is 0.970 bits per heavy atom. The van der Waals surface area contributed by atoms with Crippen molar-refractivity contribution in [3.8, 4) is 0 Å². The topological polar surface area (TPSA) is 44.4 Å². The molecule has 0 bridgehead atoms. The van der Waals surface area contributed by atoms with E-state index in [4.69, 9.17) is 0 Å². The first kappa shape index (κ1) is 23.1. The van der Waals surface area contributed by atoms with Gasteiger partial charge in [0.2, 0.25) is 0 Å². The lowest BCUT2D eigenvalue weighted by Crippen LogP contribution is -2.44. The first-order valence-corrected chi connectivity index (χ1v) is 11.8. The number of nitrogens with zero attached hydrogens (tertiary/aromatic N) is 1. The molecule has 1 aliphatic rings. The summed E-state index contributed by atoms with van der Waals surface area (Å²) in [5, 5.41) is 6.37. The van der Waals surface area contributed by atoms with Crippen LogP contribution in [0.25, 0.3) is 0 Å². The SMILES string of the molecule is CCNC(=O)c1ccc(CNCCN2Cc3ccccc3CC2Cc2ccc(F)cc2)cc1. The van der Waals surface area contributed by atoms with Gasteiger partial charge >= 0.3 is 0 Å². The number of hydrogen-bond donors (Lipinski definition) is 2. The molecule has 1 aliphatic heterocycles. The summed E-state index contributed by atoms with van der Waals surface area (Å²) in [5.74, 6) is -0.220. The van der Waals surface area contributed by atoms with Gasteiger partial charge in [-0.2, -0.15) is 0 Å². The maximum Gasteiger partial charge on any atom is 0.251 e. The van der Waals surface area contributed by atoms with Crippen molar-refractivity contribution < 1.29 is 9.18 Å². The molecule has 0 saturated heterocycles. The molecule has 4 rings (SSSR count). The third-order valence-electron chi connectivity index (χ3n) is 6.31. The molecular weight excluding hydrogens is 413 g/mol. The molecule has 0 spiro atoms. The quantitative estimate of drug-likeness (QED) is 0.482. The number of fused-ring (bicyclic) bond motifs is 1. The molecule has 3 aromatic carbocycles. The minimum atomic E-state index is -0.187. The summed E-state index contributed by atoms with van der Waals surface area (Å²) >= 11 is 0. The highest BCUT2D eigenvalue weighted by molar-refractivity contribution is 5.94. The van der Waals surface area contributed by atoms with E-state index in [0.717, 1.165) is 44.6 Å². The van der Waals surface area contributed by atoms with Gasteiger partial charge in [-0.25, -0.2) is 4.39 Å². The zero-order valence-corrected chi connectivity index (χ0v) is 19.2. The Morgan fingerprint density at radius 3 is 2.39 bits per heavy atom. The zero-order chi connectivity index (χ0) is 23.0. The smallest absolute Gasteiger partial charge is 0.251 e. The second-order valence-electron chi connectivity index (χ2n) is 8.66. The van der Waals surface area contributed by atoms with Crippen LogP contribution in [0.5, 0.6) is 0 Å². The number of carbonyl (C=O) groups excluding carboxylic acids is 1. The summed E-state index contributed by atoms with van der Waals surface area (Å²) in [6.45, 7) is 6.07. The van der Waals surface area contributed by atoms with E-state index in [1.807, 2.05) is 43.3 Å². The summed E-state index contributed by atoms with van der Waals surface area (Å²) in [7, 11) is 0. The molecule has 1 heterocycles. The molecular formula is C28H32FN3O. The van der Waals surface area contributed by atoms with Crippen molar-refractivity contribution in [2.75, 3.05) is 19.6 Å². The van der Waals surface area contributed by atoms with Crippen molar-refractivity contribution in [3.05, 3.63) is 106 Å². The molecule has 0 aromatic heterocycles. The summed E-state index contributed by atoms with van der Waals surface area (Å²) < 4.78 is 13.3. The lowest BCUT2D eigenvalue weighted by atomic mass is 9.90. The van der Waals surface area contributed by atoms with E-state index in [-0.39, 0.29) is 11.7 Å². The summed E-state index contributed by atoms with van der Waals surface area (Å²) in [6, 6.07) is 23.7. The molecule has 0 fully saturated rings. The molecule has 0 saturated carbocycles. The molecule has 33 heavy (non-hydrogen) atoms. The van der Waals surface area contributed by atoms with Gasteiger partial charge in [0.15, 0.2) is 0 Å². The van der Waals surface area contributed by atoms with Crippen molar-refractivity contribution >= 4 is 5.91 Å². The van der Waals surface area contributed by atoms with Crippen LogP contribution < -0.4 is 10.6 Å². The van der Waals surface area contributed by atoms with Crippen LogP contribution in [0.1, 0.15) is 39.5 Å². The lowest BCUT2D eigenvalue weighted by molar-refractivity contribution is 0.0956. The van der Waals surface area contributed by atoms with Gasteiger partial charge in [-0.3, -0.25) is 9.69 Å². The Balaban J connectivity index is 1.33. The van der Waals surface area contributed by atoms with Crippen molar-refractivity contribution in [1.29, 1.82) is 0 Å². The minimum absolute atomic E-state index is 0.0328. The predicted molar refractivity (Wildman–Crippen MR) is 131 cm³/mol. The lowest BCUT2D eigenvalue weighted by Gasteiger charge is -2.37. The number of amides is 1. The predicted octanol–water partition coefficient (Wildman–Crippen LogP) is 4.33. The zero-order valence-electron chi connectivity index (χ0n) is 19.2. The van der Waals surface area contributed by atoms with E-state index in [2.05, 4.69) is 39.8 Å². The molecule has 0 radical (unpaired) electrons. The van der Waals surface area contributed by atoms with Crippen LogP contribution >= 0.6 is 0 Å². The van der Waals surface area contributed by atoms with Gasteiger partial charge in [0.05, 0.1) is 0 Å². The van der Waals surface area contributed by atoms with Crippen molar-refractivity contribution in [3.63, 3.8) is 0 Å². The number of benzene rings is 3. The van der Waals surface area contributed by atoms with Crippen LogP contribution in [0.15, 0.2) is 72.8 Å². The summed E-state index contributed by atoms with van der Waals surface area (Å²) in [5.41, 5.74) is 5.84. The maximum absolute atomic E-state index is 13.3. The highest BCUT2D eigenvalue weighted by Gasteiger charge is 2.25. The number of rotatable bonds is 9. The first-order chi connectivity index (χ1) is 16.1. The second kappa shape index (κ2) is 11.2. The largest absolute Gasteiger partial charge is 0.352 e. The van der Waals surface area contributed by atoms with E-state index in [1.54, 1.807) is 12.1 Å². The van der Waals surface area contributed by atoms with Gasteiger partial charge in [0.25, 0.3) is 5.91 Å². The molecule has 1 unspecified atom stereocenters. The highest BCUT2D eigenvalue weighted by Crippen LogP contribution is 2.25. The van der Waals surface area contributed by atoms with E-state index in [0.29, 0.717) is 18.2 Å². The molecule has 0 aliphatic carbocycles. The molecule has 1 atom stereocenters. The third kappa shape index (κ3) is 6.28. The molecule has 172 valence electrons. The van der Waals surface area contributed by atoms with E-state index >= 15 is 0 Å².